The third-order valence-electron chi connectivity index (χ3n) is 2.37. The molecule has 0 radical (unpaired) electrons. The van der Waals surface area contributed by atoms with Gasteiger partial charge in [0, 0.05) is 12.2 Å². The summed E-state index contributed by atoms with van der Waals surface area (Å²) in [6, 6.07) is -0.681. The molecule has 0 aromatic heterocycles. The first-order chi connectivity index (χ1) is 8.49. The first-order valence-electron chi connectivity index (χ1n) is 5.56. The van der Waals surface area contributed by atoms with Crippen LogP contribution >= 0.6 is 11.8 Å². The number of carbonyl (C=O) groups is 3. The van der Waals surface area contributed by atoms with Crippen LogP contribution in [0.25, 0.3) is 0 Å². The van der Waals surface area contributed by atoms with Crippen molar-refractivity contribution in [2.24, 2.45) is 0 Å². The number of carbonyl (C=O) groups excluding carboxylic acids is 2. The Kier molecular flexibility index (Phi) is 5.70. The minimum atomic E-state index is -1.11. The van der Waals surface area contributed by atoms with Crippen LogP contribution in [-0.2, 0) is 14.4 Å². The second-order valence-electron chi connectivity index (χ2n) is 3.97. The summed E-state index contributed by atoms with van der Waals surface area (Å²) in [5.74, 6) is -1.87. The maximum Gasteiger partial charge on any atom is 0.322 e. The molecule has 6 nitrogen and oxygen atoms in total. The van der Waals surface area contributed by atoms with Crippen molar-refractivity contribution < 1.29 is 19.5 Å². The molecule has 1 rings (SSSR count). The van der Waals surface area contributed by atoms with Gasteiger partial charge >= 0.3 is 5.97 Å². The molecule has 0 saturated heterocycles. The smallest absolute Gasteiger partial charge is 0.322 e. The molecule has 3 N–H and O–H groups in total. The maximum absolute atomic E-state index is 11.8. The molecule has 0 aromatic rings. The molecule has 7 heteroatoms. The Morgan fingerprint density at radius 1 is 1.50 bits per heavy atom. The lowest BCUT2D eigenvalue weighted by Gasteiger charge is -2.19. The Morgan fingerprint density at radius 3 is 2.72 bits per heavy atom. The van der Waals surface area contributed by atoms with Crippen molar-refractivity contribution in [2.45, 2.75) is 31.1 Å². The number of allylic oxidation sites excluding steroid dienone is 1. The van der Waals surface area contributed by atoms with Crippen molar-refractivity contribution >= 4 is 29.5 Å². The number of rotatable bonds is 6. The average Bonchev–Trinajstić information content (AvgIpc) is 2.77. The summed E-state index contributed by atoms with van der Waals surface area (Å²) in [4.78, 5) is 33.2. The molecule has 1 aliphatic heterocycles. The van der Waals surface area contributed by atoms with Gasteiger partial charge in [-0.3, -0.25) is 14.4 Å². The number of nitrogens with one attached hydrogen (secondary N) is 2. The van der Waals surface area contributed by atoms with Crippen LogP contribution < -0.4 is 10.6 Å². The number of hydrogen-bond acceptors (Lipinski definition) is 4. The van der Waals surface area contributed by atoms with Crippen molar-refractivity contribution in [3.05, 3.63) is 11.5 Å². The van der Waals surface area contributed by atoms with Gasteiger partial charge in [0.25, 0.3) is 0 Å². The van der Waals surface area contributed by atoms with Crippen LogP contribution in [0.5, 0.6) is 0 Å². The van der Waals surface area contributed by atoms with Gasteiger partial charge in [-0.05, 0) is 18.2 Å². The molecule has 0 aromatic carbocycles. The zero-order valence-electron chi connectivity index (χ0n) is 10.0. The van der Waals surface area contributed by atoms with Gasteiger partial charge in [0.15, 0.2) is 0 Å². The summed E-state index contributed by atoms with van der Waals surface area (Å²) in [6.45, 7) is 0.891. The zero-order valence-corrected chi connectivity index (χ0v) is 10.8. The van der Waals surface area contributed by atoms with Crippen molar-refractivity contribution in [1.29, 1.82) is 0 Å². The van der Waals surface area contributed by atoms with Gasteiger partial charge in [0.05, 0.1) is 0 Å². The van der Waals surface area contributed by atoms with Crippen LogP contribution in [0.15, 0.2) is 11.5 Å². The molecule has 0 aliphatic carbocycles. The predicted octanol–water partition coefficient (Wildman–Crippen LogP) is 0.101. The van der Waals surface area contributed by atoms with Gasteiger partial charge in [-0.2, -0.15) is 0 Å². The minimum Gasteiger partial charge on any atom is -0.480 e. The molecule has 1 unspecified atom stereocenters. The molecule has 0 saturated carbocycles. The molecule has 1 aliphatic rings. The highest BCUT2D eigenvalue weighted by atomic mass is 32.2. The van der Waals surface area contributed by atoms with E-state index >= 15 is 0 Å². The zero-order chi connectivity index (χ0) is 13.5. The van der Waals surface area contributed by atoms with E-state index in [9.17, 15) is 14.4 Å². The number of carboxylic acid groups (broad SMARTS) is 1. The summed E-state index contributed by atoms with van der Waals surface area (Å²) in [6.07, 6.45) is 3.35. The first kappa shape index (κ1) is 14.6. The fraction of sp³-hybridized carbons (Fsp3) is 0.545. The van der Waals surface area contributed by atoms with Gasteiger partial charge in [0.1, 0.15) is 12.6 Å². The van der Waals surface area contributed by atoms with E-state index in [4.69, 9.17) is 5.11 Å². The van der Waals surface area contributed by atoms with Crippen molar-refractivity contribution in [3.8, 4) is 0 Å². The van der Waals surface area contributed by atoms with Gasteiger partial charge in [0.2, 0.25) is 11.8 Å². The van der Waals surface area contributed by atoms with E-state index < -0.39 is 24.5 Å². The molecule has 0 fully saturated rings. The number of hydrogen-bond donors (Lipinski definition) is 3. The molecular weight excluding hydrogens is 256 g/mol. The van der Waals surface area contributed by atoms with E-state index in [1.165, 1.54) is 6.92 Å². The summed E-state index contributed by atoms with van der Waals surface area (Å²) in [7, 11) is 0. The van der Waals surface area contributed by atoms with Crippen LogP contribution in [-0.4, -0.2) is 40.7 Å². The van der Waals surface area contributed by atoms with E-state index in [1.54, 1.807) is 11.8 Å². The standard InChI is InChI=1S/C11H16N2O4S/c1-7(14)13-9(5-8-3-2-4-18-8)11(17)12-6-10(15)16/h2,4,8-9H,3,5-6H2,1H3,(H,12,17)(H,13,14)(H,15,16)/t8?,9-/m0/s1. The Labute approximate surface area is 109 Å². The third kappa shape index (κ3) is 5.22. The van der Waals surface area contributed by atoms with E-state index in [1.807, 2.05) is 11.5 Å². The van der Waals surface area contributed by atoms with Crippen molar-refractivity contribution in [1.82, 2.24) is 10.6 Å². The molecule has 0 bridgehead atoms. The summed E-state index contributed by atoms with van der Waals surface area (Å²) < 4.78 is 0. The summed E-state index contributed by atoms with van der Waals surface area (Å²) in [5, 5.41) is 15.5. The lowest BCUT2D eigenvalue weighted by molar-refractivity contribution is -0.138. The topological polar surface area (TPSA) is 95.5 Å². The van der Waals surface area contributed by atoms with Crippen LogP contribution in [0.3, 0.4) is 0 Å². The molecule has 1 heterocycles. The maximum atomic E-state index is 11.8. The normalized spacial score (nSPS) is 19.3. The second-order valence-corrected chi connectivity index (χ2v) is 5.18. The molecule has 18 heavy (non-hydrogen) atoms. The number of carboxylic acids is 1. The third-order valence-corrected chi connectivity index (χ3v) is 3.49. The fourth-order valence-corrected chi connectivity index (χ4v) is 2.58. The van der Waals surface area contributed by atoms with Crippen LogP contribution in [0, 0.1) is 0 Å². The van der Waals surface area contributed by atoms with Gasteiger partial charge < -0.3 is 15.7 Å². The second kappa shape index (κ2) is 7.05. The molecule has 0 spiro atoms. The van der Waals surface area contributed by atoms with Gasteiger partial charge in [-0.15, -0.1) is 11.8 Å². The van der Waals surface area contributed by atoms with Crippen LogP contribution in [0.4, 0.5) is 0 Å². The number of amides is 2. The van der Waals surface area contributed by atoms with Crippen LogP contribution in [0.2, 0.25) is 0 Å². The molecule has 2 atom stereocenters. The van der Waals surface area contributed by atoms with Gasteiger partial charge in [-0.1, -0.05) is 6.08 Å². The first-order valence-corrected chi connectivity index (χ1v) is 6.50. The number of aliphatic carboxylic acids is 1. The predicted molar refractivity (Wildman–Crippen MR) is 68.0 cm³/mol. The minimum absolute atomic E-state index is 0.248. The van der Waals surface area contributed by atoms with E-state index in [-0.39, 0.29) is 11.2 Å². The summed E-state index contributed by atoms with van der Waals surface area (Å²) in [5.41, 5.74) is 0. The van der Waals surface area contributed by atoms with E-state index in [0.717, 1.165) is 6.42 Å². The Balaban J connectivity index is 2.50. The van der Waals surface area contributed by atoms with E-state index in [0.29, 0.717) is 6.42 Å². The summed E-state index contributed by atoms with van der Waals surface area (Å²) >= 11 is 1.61. The van der Waals surface area contributed by atoms with Gasteiger partial charge in [-0.25, -0.2) is 0 Å². The SMILES string of the molecule is CC(=O)N[C@@H](CC1CC=CS1)C(=O)NCC(=O)O. The highest BCUT2D eigenvalue weighted by Gasteiger charge is 2.24. The Hall–Kier alpha value is -1.50. The van der Waals surface area contributed by atoms with Crippen molar-refractivity contribution in [2.75, 3.05) is 6.54 Å². The Bertz CT molecular complexity index is 362. The molecule has 2 amide bonds. The largest absolute Gasteiger partial charge is 0.480 e. The van der Waals surface area contributed by atoms with Crippen molar-refractivity contribution in [3.63, 3.8) is 0 Å². The Morgan fingerprint density at radius 2 is 2.22 bits per heavy atom. The lowest BCUT2D eigenvalue weighted by Crippen LogP contribution is -2.48. The molecule has 100 valence electrons. The highest BCUT2D eigenvalue weighted by molar-refractivity contribution is 8.03. The monoisotopic (exact) mass is 272 g/mol. The molecular formula is C11H16N2O4S. The quantitative estimate of drug-likeness (QED) is 0.637. The average molecular weight is 272 g/mol. The fourth-order valence-electron chi connectivity index (χ4n) is 1.61. The van der Waals surface area contributed by atoms with E-state index in [2.05, 4.69) is 10.6 Å². The highest BCUT2D eigenvalue weighted by Crippen LogP contribution is 2.27. The van der Waals surface area contributed by atoms with Crippen LogP contribution in [0.1, 0.15) is 19.8 Å². The lowest BCUT2D eigenvalue weighted by atomic mass is 10.1. The number of thioether (sulfide) groups is 1.